The number of fused-ring (bicyclic) bond motifs is 1. The first-order valence-electron chi connectivity index (χ1n) is 8.73. The van der Waals surface area contributed by atoms with E-state index in [1.54, 1.807) is 6.07 Å². The maximum atomic E-state index is 13.5. The Bertz CT molecular complexity index is 932. The number of aromatic nitrogens is 1. The zero-order chi connectivity index (χ0) is 17.4. The molecule has 0 bridgehead atoms. The number of hydrogen-bond acceptors (Lipinski definition) is 3. The van der Waals surface area contributed by atoms with Crippen molar-refractivity contribution < 1.29 is 4.39 Å². The number of benzene rings is 2. The van der Waals surface area contributed by atoms with Crippen molar-refractivity contribution in [2.45, 2.75) is 31.7 Å². The highest BCUT2D eigenvalue weighted by atomic mass is 19.1. The van der Waals surface area contributed by atoms with E-state index < -0.39 is 0 Å². The van der Waals surface area contributed by atoms with Crippen LogP contribution in [0.1, 0.15) is 26.2 Å². The van der Waals surface area contributed by atoms with Crippen LogP contribution in [0.2, 0.25) is 0 Å². The molecule has 2 aromatic carbocycles. The van der Waals surface area contributed by atoms with E-state index in [2.05, 4.69) is 29.7 Å². The second-order valence-electron chi connectivity index (χ2n) is 7.09. The predicted octanol–water partition coefficient (Wildman–Crippen LogP) is 5.44. The van der Waals surface area contributed by atoms with Gasteiger partial charge in [-0.25, -0.2) is 9.37 Å². The Balaban J connectivity index is 1.77. The number of pyridine rings is 1. The van der Waals surface area contributed by atoms with Crippen molar-refractivity contribution in [3.8, 4) is 11.3 Å². The maximum Gasteiger partial charge on any atom is 0.123 e. The second kappa shape index (κ2) is 6.03. The van der Waals surface area contributed by atoms with Gasteiger partial charge in [0.05, 0.1) is 11.2 Å². The fourth-order valence-electron chi connectivity index (χ4n) is 3.49. The van der Waals surface area contributed by atoms with Crippen molar-refractivity contribution >= 4 is 22.3 Å². The molecule has 0 atom stereocenters. The van der Waals surface area contributed by atoms with Crippen molar-refractivity contribution in [3.05, 3.63) is 54.3 Å². The van der Waals surface area contributed by atoms with Crippen molar-refractivity contribution in [2.75, 3.05) is 17.7 Å². The molecule has 3 nitrogen and oxygen atoms in total. The lowest BCUT2D eigenvalue weighted by atomic mass is 9.78. The number of rotatable bonds is 4. The highest BCUT2D eigenvalue weighted by Gasteiger charge is 2.31. The standard InChI is InChI=1S/C21H22FN3/c1-21(9-4-10-21)25-16-7-8-18-17(12-16)20(23-2)13-19(24-18)14-5-3-6-15(22)11-14/h3,5-8,11-13,25H,4,9-10H2,1-2H3,(H,23,24). The van der Waals surface area contributed by atoms with Gasteiger partial charge in [0, 0.05) is 34.9 Å². The Morgan fingerprint density at radius 1 is 1.08 bits per heavy atom. The quantitative estimate of drug-likeness (QED) is 0.667. The number of anilines is 2. The summed E-state index contributed by atoms with van der Waals surface area (Å²) in [4.78, 5) is 4.73. The Morgan fingerprint density at radius 2 is 1.92 bits per heavy atom. The third kappa shape index (κ3) is 3.04. The molecule has 0 spiro atoms. The first-order chi connectivity index (χ1) is 12.1. The summed E-state index contributed by atoms with van der Waals surface area (Å²) in [5, 5.41) is 7.96. The van der Waals surface area contributed by atoms with Crippen molar-refractivity contribution in [3.63, 3.8) is 0 Å². The van der Waals surface area contributed by atoms with E-state index in [0.717, 1.165) is 33.5 Å². The van der Waals surface area contributed by atoms with Crippen LogP contribution in [0.5, 0.6) is 0 Å². The van der Waals surface area contributed by atoms with Crippen LogP contribution < -0.4 is 10.6 Å². The molecule has 1 fully saturated rings. The number of hydrogen-bond donors (Lipinski definition) is 2. The van der Waals surface area contributed by atoms with Gasteiger partial charge in [0.25, 0.3) is 0 Å². The zero-order valence-electron chi connectivity index (χ0n) is 14.6. The van der Waals surface area contributed by atoms with E-state index in [1.807, 2.05) is 25.2 Å². The predicted molar refractivity (Wildman–Crippen MR) is 103 cm³/mol. The molecular weight excluding hydrogens is 313 g/mol. The van der Waals surface area contributed by atoms with Crippen molar-refractivity contribution in [2.24, 2.45) is 0 Å². The largest absolute Gasteiger partial charge is 0.388 e. The van der Waals surface area contributed by atoms with E-state index in [9.17, 15) is 4.39 Å². The Kier molecular flexibility index (Phi) is 3.83. The Hall–Kier alpha value is -2.62. The van der Waals surface area contributed by atoms with Gasteiger partial charge in [-0.2, -0.15) is 0 Å². The summed E-state index contributed by atoms with van der Waals surface area (Å²) in [6, 6.07) is 14.8. The van der Waals surface area contributed by atoms with Crippen molar-refractivity contribution in [1.82, 2.24) is 4.98 Å². The topological polar surface area (TPSA) is 37.0 Å². The van der Waals surface area contributed by atoms with E-state index >= 15 is 0 Å². The van der Waals surface area contributed by atoms with Gasteiger partial charge < -0.3 is 10.6 Å². The van der Waals surface area contributed by atoms with Crippen LogP contribution in [0.25, 0.3) is 22.2 Å². The summed E-state index contributed by atoms with van der Waals surface area (Å²) in [7, 11) is 1.90. The number of halogens is 1. The van der Waals surface area contributed by atoms with Crippen LogP contribution in [0, 0.1) is 5.82 Å². The molecule has 1 aliphatic rings. The van der Waals surface area contributed by atoms with E-state index in [0.29, 0.717) is 0 Å². The Morgan fingerprint density at radius 3 is 2.60 bits per heavy atom. The monoisotopic (exact) mass is 335 g/mol. The van der Waals surface area contributed by atoms with Gasteiger partial charge in [0.15, 0.2) is 0 Å². The van der Waals surface area contributed by atoms with Crippen LogP contribution in [0.15, 0.2) is 48.5 Å². The number of nitrogens with one attached hydrogen (secondary N) is 2. The lowest BCUT2D eigenvalue weighted by molar-refractivity contribution is 0.306. The first-order valence-corrected chi connectivity index (χ1v) is 8.73. The van der Waals surface area contributed by atoms with Gasteiger partial charge in [0.2, 0.25) is 0 Å². The molecule has 25 heavy (non-hydrogen) atoms. The SMILES string of the molecule is CNc1cc(-c2cccc(F)c2)nc2ccc(NC3(C)CCC3)cc12. The molecule has 4 rings (SSSR count). The van der Waals surface area contributed by atoms with Crippen LogP contribution in [-0.2, 0) is 0 Å². The van der Waals surface area contributed by atoms with Crippen LogP contribution in [0.4, 0.5) is 15.8 Å². The van der Waals surface area contributed by atoms with E-state index in [-0.39, 0.29) is 11.4 Å². The van der Waals surface area contributed by atoms with E-state index in [4.69, 9.17) is 4.98 Å². The van der Waals surface area contributed by atoms with E-state index in [1.165, 1.54) is 31.4 Å². The molecule has 0 unspecified atom stereocenters. The number of nitrogens with zero attached hydrogens (tertiary/aromatic N) is 1. The third-order valence-corrected chi connectivity index (χ3v) is 5.10. The molecule has 128 valence electrons. The lowest BCUT2D eigenvalue weighted by Gasteiger charge is -2.40. The summed E-state index contributed by atoms with van der Waals surface area (Å²) in [5.41, 5.74) is 4.77. The molecule has 0 amide bonds. The van der Waals surface area contributed by atoms with Gasteiger partial charge in [0.1, 0.15) is 5.82 Å². The van der Waals surface area contributed by atoms with Crippen molar-refractivity contribution in [1.29, 1.82) is 0 Å². The summed E-state index contributed by atoms with van der Waals surface area (Å²) < 4.78 is 13.5. The molecule has 1 aliphatic carbocycles. The summed E-state index contributed by atoms with van der Waals surface area (Å²) >= 11 is 0. The summed E-state index contributed by atoms with van der Waals surface area (Å²) in [6.45, 7) is 2.27. The van der Waals surface area contributed by atoms with Gasteiger partial charge in [-0.3, -0.25) is 0 Å². The first kappa shape index (κ1) is 15.9. The molecule has 4 heteroatoms. The Labute approximate surface area is 147 Å². The molecule has 1 aromatic heterocycles. The molecule has 1 saturated carbocycles. The smallest absolute Gasteiger partial charge is 0.123 e. The fourth-order valence-corrected chi connectivity index (χ4v) is 3.49. The third-order valence-electron chi connectivity index (χ3n) is 5.10. The van der Waals surface area contributed by atoms with Gasteiger partial charge in [-0.1, -0.05) is 12.1 Å². The van der Waals surface area contributed by atoms with Crippen LogP contribution in [-0.4, -0.2) is 17.6 Å². The zero-order valence-corrected chi connectivity index (χ0v) is 14.6. The highest BCUT2D eigenvalue weighted by Crippen LogP contribution is 2.36. The average Bonchev–Trinajstić information content (AvgIpc) is 2.59. The fraction of sp³-hybridized carbons (Fsp3) is 0.286. The minimum Gasteiger partial charge on any atom is -0.388 e. The van der Waals surface area contributed by atoms with Crippen LogP contribution in [0.3, 0.4) is 0 Å². The second-order valence-corrected chi connectivity index (χ2v) is 7.09. The molecule has 1 heterocycles. The molecular formula is C21H22FN3. The minimum absolute atomic E-state index is 0.211. The molecule has 0 saturated heterocycles. The molecule has 0 aliphatic heterocycles. The summed E-state index contributed by atoms with van der Waals surface area (Å²) in [5.74, 6) is -0.251. The normalized spacial score (nSPS) is 15.6. The average molecular weight is 335 g/mol. The molecule has 3 aromatic rings. The van der Waals surface area contributed by atoms with Gasteiger partial charge in [-0.05, 0) is 62.6 Å². The van der Waals surface area contributed by atoms with Gasteiger partial charge >= 0.3 is 0 Å². The maximum absolute atomic E-state index is 13.5. The summed E-state index contributed by atoms with van der Waals surface area (Å²) in [6.07, 6.45) is 3.71. The van der Waals surface area contributed by atoms with Crippen LogP contribution >= 0.6 is 0 Å². The molecule has 2 N–H and O–H groups in total. The molecule has 0 radical (unpaired) electrons. The lowest BCUT2D eigenvalue weighted by Crippen LogP contribution is -2.41. The van der Waals surface area contributed by atoms with Gasteiger partial charge in [-0.15, -0.1) is 0 Å². The minimum atomic E-state index is -0.251. The highest BCUT2D eigenvalue weighted by molar-refractivity contribution is 5.95.